The summed E-state index contributed by atoms with van der Waals surface area (Å²) in [6, 6.07) is 3.73. The first-order valence-corrected chi connectivity index (χ1v) is 9.64. The van der Waals surface area contributed by atoms with Crippen LogP contribution in [0.4, 0.5) is 17.3 Å². The summed E-state index contributed by atoms with van der Waals surface area (Å²) < 4.78 is 6.71. The molecule has 0 radical (unpaired) electrons. The molecule has 9 heteroatoms. The zero-order valence-corrected chi connectivity index (χ0v) is 17.9. The molecule has 3 heterocycles. The molecule has 0 aliphatic rings. The molecule has 30 heavy (non-hydrogen) atoms. The largest absolute Gasteiger partial charge is 0.392 e. The predicted octanol–water partition coefficient (Wildman–Crippen LogP) is 2.90. The number of aliphatic hydroxyl groups is 1. The minimum atomic E-state index is -0.983. The van der Waals surface area contributed by atoms with Gasteiger partial charge in [-0.3, -0.25) is 4.98 Å². The van der Waals surface area contributed by atoms with Gasteiger partial charge >= 0.3 is 0 Å². The van der Waals surface area contributed by atoms with Crippen molar-refractivity contribution < 1.29 is 9.84 Å². The first-order chi connectivity index (χ1) is 14.2. The van der Waals surface area contributed by atoms with Crippen molar-refractivity contribution in [2.75, 3.05) is 24.7 Å². The number of pyridine rings is 1. The summed E-state index contributed by atoms with van der Waals surface area (Å²) in [5.74, 6) is 0.687. The van der Waals surface area contributed by atoms with Crippen LogP contribution >= 0.6 is 0 Å². The number of ether oxygens (including phenoxy) is 1. The van der Waals surface area contributed by atoms with E-state index in [9.17, 15) is 5.11 Å². The van der Waals surface area contributed by atoms with Crippen LogP contribution in [0, 0.1) is 20.4 Å². The summed E-state index contributed by atoms with van der Waals surface area (Å²) in [5.41, 5.74) is 10.1. The SMILES string of the molecule is [C-]#[N+]c1c(NCCc2cc(C(C)(C)O)cc(COC)n2)nc2c(C)c(C)nn2c1N. The molecule has 0 aliphatic carbocycles. The van der Waals surface area contributed by atoms with E-state index in [2.05, 4.69) is 25.2 Å². The second-order valence-electron chi connectivity index (χ2n) is 7.76. The van der Waals surface area contributed by atoms with Gasteiger partial charge in [-0.1, -0.05) is 0 Å². The smallest absolute Gasteiger partial charge is 0.268 e. The Labute approximate surface area is 175 Å². The van der Waals surface area contributed by atoms with Crippen LogP contribution in [0.2, 0.25) is 0 Å². The molecule has 0 bridgehead atoms. The molecule has 0 spiro atoms. The van der Waals surface area contributed by atoms with Gasteiger partial charge in [-0.25, -0.2) is 14.3 Å². The summed E-state index contributed by atoms with van der Waals surface area (Å²) in [7, 11) is 1.61. The van der Waals surface area contributed by atoms with Crippen LogP contribution in [0.25, 0.3) is 10.5 Å². The quantitative estimate of drug-likeness (QED) is 0.514. The standard InChI is InChI=1S/C21H27N7O2/c1-12-13(2)27-28-18(22)17(23-5)19(26-20(12)28)24-8-7-15-9-14(21(3,4)29)10-16(25-15)11-30-6/h9-10,29H,7-8,11,22H2,1-4,6H3,(H,24,26). The number of nitrogen functional groups attached to an aromatic ring is 1. The molecule has 0 saturated heterocycles. The van der Waals surface area contributed by atoms with Crippen molar-refractivity contribution in [3.05, 3.63) is 51.8 Å². The van der Waals surface area contributed by atoms with Crippen LogP contribution in [0.1, 0.15) is 42.1 Å². The summed E-state index contributed by atoms with van der Waals surface area (Å²) in [6.07, 6.45) is 0.572. The first-order valence-electron chi connectivity index (χ1n) is 9.64. The molecule has 0 amide bonds. The molecular formula is C21H27N7O2. The first kappa shape index (κ1) is 21.5. The molecular weight excluding hydrogens is 382 g/mol. The number of nitrogens with one attached hydrogen (secondary N) is 1. The lowest BCUT2D eigenvalue weighted by Crippen LogP contribution is -2.18. The molecule has 0 aliphatic heterocycles. The Morgan fingerprint density at radius 3 is 2.60 bits per heavy atom. The van der Waals surface area contributed by atoms with Crippen molar-refractivity contribution >= 4 is 23.0 Å². The highest BCUT2D eigenvalue weighted by Crippen LogP contribution is 2.32. The van der Waals surface area contributed by atoms with Gasteiger partial charge in [-0.05, 0) is 45.4 Å². The molecule has 158 valence electrons. The van der Waals surface area contributed by atoms with E-state index < -0.39 is 5.60 Å². The van der Waals surface area contributed by atoms with E-state index in [-0.39, 0.29) is 11.5 Å². The maximum absolute atomic E-state index is 10.4. The van der Waals surface area contributed by atoms with E-state index in [1.807, 2.05) is 26.0 Å². The van der Waals surface area contributed by atoms with Crippen molar-refractivity contribution in [3.8, 4) is 0 Å². The number of hydrogen-bond acceptors (Lipinski definition) is 7. The predicted molar refractivity (Wildman–Crippen MR) is 116 cm³/mol. The van der Waals surface area contributed by atoms with Crippen LogP contribution < -0.4 is 11.1 Å². The molecule has 0 fully saturated rings. The number of fused-ring (bicyclic) bond motifs is 1. The minimum Gasteiger partial charge on any atom is -0.392 e. The van der Waals surface area contributed by atoms with E-state index in [1.54, 1.807) is 21.0 Å². The molecule has 0 unspecified atom stereocenters. The number of aryl methyl sites for hydroxylation is 2. The van der Waals surface area contributed by atoms with Crippen LogP contribution in [-0.2, 0) is 23.4 Å². The highest BCUT2D eigenvalue weighted by Gasteiger charge is 2.19. The van der Waals surface area contributed by atoms with Crippen molar-refractivity contribution in [1.82, 2.24) is 19.6 Å². The second kappa shape index (κ2) is 8.26. The van der Waals surface area contributed by atoms with Gasteiger partial charge in [0.15, 0.2) is 5.65 Å². The lowest BCUT2D eigenvalue weighted by molar-refractivity contribution is 0.0780. The van der Waals surface area contributed by atoms with Crippen LogP contribution in [-0.4, -0.2) is 38.3 Å². The Kier molecular flexibility index (Phi) is 5.92. The molecule has 4 N–H and O–H groups in total. The van der Waals surface area contributed by atoms with Crippen LogP contribution in [0.3, 0.4) is 0 Å². The fourth-order valence-electron chi connectivity index (χ4n) is 3.17. The third-order valence-electron chi connectivity index (χ3n) is 4.96. The van der Waals surface area contributed by atoms with Gasteiger partial charge < -0.3 is 20.9 Å². The maximum Gasteiger partial charge on any atom is 0.268 e. The van der Waals surface area contributed by atoms with Crippen molar-refractivity contribution in [2.24, 2.45) is 0 Å². The molecule has 9 nitrogen and oxygen atoms in total. The van der Waals surface area contributed by atoms with Gasteiger partial charge in [0.1, 0.15) is 11.6 Å². The number of rotatable bonds is 7. The Morgan fingerprint density at radius 1 is 1.27 bits per heavy atom. The lowest BCUT2D eigenvalue weighted by atomic mass is 9.97. The topological polar surface area (TPSA) is 115 Å². The van der Waals surface area contributed by atoms with Gasteiger partial charge in [0, 0.05) is 31.3 Å². The summed E-state index contributed by atoms with van der Waals surface area (Å²) in [4.78, 5) is 12.7. The Morgan fingerprint density at radius 2 is 1.97 bits per heavy atom. The van der Waals surface area contributed by atoms with Crippen LogP contribution in [0.5, 0.6) is 0 Å². The van der Waals surface area contributed by atoms with Crippen molar-refractivity contribution in [3.63, 3.8) is 0 Å². The molecule has 0 atom stereocenters. The average molecular weight is 409 g/mol. The van der Waals surface area contributed by atoms with Gasteiger partial charge in [0.2, 0.25) is 0 Å². The molecule has 0 saturated carbocycles. The van der Waals surface area contributed by atoms with E-state index in [1.165, 1.54) is 4.52 Å². The highest BCUT2D eigenvalue weighted by molar-refractivity contribution is 5.80. The summed E-state index contributed by atoms with van der Waals surface area (Å²) in [5, 5.41) is 18.0. The fraction of sp³-hybridized carbons (Fsp3) is 0.429. The Bertz CT molecular complexity index is 1120. The number of aromatic nitrogens is 4. The number of nitrogens with two attached hydrogens (primary N) is 1. The number of nitrogens with zero attached hydrogens (tertiary/aromatic N) is 5. The zero-order chi connectivity index (χ0) is 22.1. The highest BCUT2D eigenvalue weighted by atomic mass is 16.5. The van der Waals surface area contributed by atoms with Gasteiger partial charge in [-0.2, -0.15) is 5.10 Å². The van der Waals surface area contributed by atoms with E-state index in [0.717, 1.165) is 28.2 Å². The normalized spacial score (nSPS) is 11.6. The summed E-state index contributed by atoms with van der Waals surface area (Å²) >= 11 is 0. The maximum atomic E-state index is 10.4. The second-order valence-corrected chi connectivity index (χ2v) is 7.76. The van der Waals surface area contributed by atoms with E-state index in [4.69, 9.17) is 17.0 Å². The zero-order valence-electron chi connectivity index (χ0n) is 17.9. The Hall–Kier alpha value is -3.22. The third-order valence-corrected chi connectivity index (χ3v) is 4.96. The fourth-order valence-corrected chi connectivity index (χ4v) is 3.17. The van der Waals surface area contributed by atoms with Crippen LogP contribution in [0.15, 0.2) is 12.1 Å². The average Bonchev–Trinajstić information content (AvgIpc) is 2.96. The van der Waals surface area contributed by atoms with E-state index >= 15 is 0 Å². The summed E-state index contributed by atoms with van der Waals surface area (Å²) in [6.45, 7) is 15.6. The molecule has 0 aromatic carbocycles. The minimum absolute atomic E-state index is 0.239. The number of hydrogen-bond donors (Lipinski definition) is 3. The third kappa shape index (κ3) is 4.20. The van der Waals surface area contributed by atoms with Gasteiger partial charge in [0.25, 0.3) is 5.69 Å². The van der Waals surface area contributed by atoms with Crippen molar-refractivity contribution in [1.29, 1.82) is 0 Å². The monoisotopic (exact) mass is 409 g/mol. The number of methoxy groups -OCH3 is 1. The van der Waals surface area contributed by atoms with E-state index in [0.29, 0.717) is 31.0 Å². The molecule has 3 aromatic heterocycles. The van der Waals surface area contributed by atoms with Gasteiger partial charge in [-0.15, -0.1) is 0 Å². The Balaban J connectivity index is 1.86. The number of anilines is 2. The lowest BCUT2D eigenvalue weighted by Gasteiger charge is -2.20. The molecule has 3 rings (SSSR count). The van der Waals surface area contributed by atoms with Gasteiger partial charge in [0.05, 0.1) is 30.2 Å². The van der Waals surface area contributed by atoms with Crippen molar-refractivity contribution in [2.45, 2.75) is 46.3 Å². The molecule has 3 aromatic rings.